The minimum Gasteiger partial charge on any atom is -0.495 e. The molecule has 0 bridgehead atoms. The number of hydrogen-bond donors (Lipinski definition) is 2. The summed E-state index contributed by atoms with van der Waals surface area (Å²) in [7, 11) is 1.59. The molecule has 196 valence electrons. The number of aromatic nitrogens is 3. The third-order valence-corrected chi connectivity index (χ3v) is 8.12. The first kappa shape index (κ1) is 25.0. The van der Waals surface area contributed by atoms with Gasteiger partial charge in [-0.15, -0.1) is 0 Å². The van der Waals surface area contributed by atoms with E-state index in [-0.39, 0.29) is 24.4 Å². The molecule has 1 saturated heterocycles. The van der Waals surface area contributed by atoms with Crippen molar-refractivity contribution < 1.29 is 9.53 Å². The zero-order valence-electron chi connectivity index (χ0n) is 21.2. The Bertz CT molecular complexity index is 1600. The number of ether oxygens (including phenoxy) is 1. The molecule has 1 aliphatic heterocycles. The van der Waals surface area contributed by atoms with Gasteiger partial charge in [0.05, 0.1) is 46.5 Å². The van der Waals surface area contributed by atoms with E-state index in [1.54, 1.807) is 24.6 Å². The van der Waals surface area contributed by atoms with Gasteiger partial charge in [-0.05, 0) is 60.7 Å². The smallest absolute Gasteiger partial charge is 0.226 e. The predicted octanol–water partition coefficient (Wildman–Crippen LogP) is 5.49. The zero-order chi connectivity index (χ0) is 26.8. The third-order valence-electron chi connectivity index (χ3n) is 6.73. The molecule has 0 saturated carbocycles. The summed E-state index contributed by atoms with van der Waals surface area (Å²) in [4.78, 5) is 24.6. The molecule has 1 fully saturated rings. The molecule has 0 radical (unpaired) electrons. The summed E-state index contributed by atoms with van der Waals surface area (Å²) in [5.74, 6) is 0.495. The third kappa shape index (κ3) is 4.96. The van der Waals surface area contributed by atoms with Crippen molar-refractivity contribution in [2.75, 3.05) is 19.0 Å². The van der Waals surface area contributed by atoms with E-state index < -0.39 is 0 Å². The van der Waals surface area contributed by atoms with Gasteiger partial charge in [0, 0.05) is 25.4 Å². The van der Waals surface area contributed by atoms with Crippen molar-refractivity contribution >= 4 is 50.5 Å². The highest BCUT2D eigenvalue weighted by atomic mass is 32.1. The number of rotatable bonds is 8. The first-order chi connectivity index (χ1) is 19.1. The van der Waals surface area contributed by atoms with Gasteiger partial charge in [0.25, 0.3) is 0 Å². The van der Waals surface area contributed by atoms with Crippen LogP contribution in [0.5, 0.6) is 5.75 Å². The number of fused-ring (bicyclic) bond motifs is 1. The second-order valence-electron chi connectivity index (χ2n) is 9.09. The normalized spacial score (nSPS) is 16.8. The molecule has 0 spiro atoms. The average molecular weight is 555 g/mol. The SMILES string of the molecule is COc1ccccc1NC(=O)CCN1C(=S)N[C@H](c2ccccn2)[C@H]1c1cccn1-c1nc2ccccc2s1. The second kappa shape index (κ2) is 10.8. The summed E-state index contributed by atoms with van der Waals surface area (Å²) < 4.78 is 8.61. The summed E-state index contributed by atoms with van der Waals surface area (Å²) in [6.45, 7) is 0.422. The van der Waals surface area contributed by atoms with Crippen LogP contribution in [0.2, 0.25) is 0 Å². The molecular weight excluding hydrogens is 528 g/mol. The highest BCUT2D eigenvalue weighted by Gasteiger charge is 2.41. The van der Waals surface area contributed by atoms with Gasteiger partial charge in [0.1, 0.15) is 5.75 Å². The molecule has 1 aliphatic rings. The maximum atomic E-state index is 13.0. The van der Waals surface area contributed by atoms with Crippen molar-refractivity contribution in [2.45, 2.75) is 18.5 Å². The number of thiocarbonyl (C=S) groups is 1. The van der Waals surface area contributed by atoms with Crippen LogP contribution in [-0.4, -0.2) is 44.1 Å². The molecule has 2 N–H and O–H groups in total. The standard InChI is InChI=1S/C29H26N6O2S2/c1-37-23-13-4-2-9-19(23)31-25(36)15-18-35-27(26(33-28(35)38)21-11-6-7-16-30-21)22-12-8-17-34(22)29-32-20-10-3-5-14-24(20)39-29/h2-14,16-17,26-27H,15,18H2,1H3,(H,31,36)(H,33,38)/t26-,27-/m1/s1. The Labute approximate surface area is 235 Å². The van der Waals surface area contributed by atoms with Crippen LogP contribution in [0.15, 0.2) is 91.3 Å². The van der Waals surface area contributed by atoms with Crippen molar-refractivity contribution in [3.63, 3.8) is 0 Å². The van der Waals surface area contributed by atoms with Crippen LogP contribution < -0.4 is 15.4 Å². The summed E-state index contributed by atoms with van der Waals surface area (Å²) in [6, 6.07) is 25.1. The number of benzene rings is 2. The molecule has 2 aromatic carbocycles. The number of hydrogen-bond acceptors (Lipinski definition) is 6. The lowest BCUT2D eigenvalue weighted by Crippen LogP contribution is -2.33. The largest absolute Gasteiger partial charge is 0.495 e. The Morgan fingerprint density at radius 2 is 1.90 bits per heavy atom. The number of methoxy groups -OCH3 is 1. The van der Waals surface area contributed by atoms with Crippen LogP contribution in [-0.2, 0) is 4.79 Å². The number of carbonyl (C=O) groups excluding carboxylic acids is 1. The molecule has 10 heteroatoms. The zero-order valence-corrected chi connectivity index (χ0v) is 22.8. The van der Waals surface area contributed by atoms with Crippen molar-refractivity contribution in [2.24, 2.45) is 0 Å². The van der Waals surface area contributed by atoms with Crippen molar-refractivity contribution in [1.82, 2.24) is 24.8 Å². The van der Waals surface area contributed by atoms with E-state index in [0.717, 1.165) is 26.7 Å². The molecule has 3 aromatic heterocycles. The van der Waals surface area contributed by atoms with E-state index in [1.807, 2.05) is 72.9 Å². The summed E-state index contributed by atoms with van der Waals surface area (Å²) >= 11 is 7.45. The number of thiazole rings is 1. The van der Waals surface area contributed by atoms with Crippen LogP contribution in [0.3, 0.4) is 0 Å². The van der Waals surface area contributed by atoms with Gasteiger partial charge in [0.2, 0.25) is 5.91 Å². The minimum atomic E-state index is -0.200. The number of nitrogens with zero attached hydrogens (tertiary/aromatic N) is 4. The van der Waals surface area contributed by atoms with E-state index in [2.05, 4.69) is 37.2 Å². The van der Waals surface area contributed by atoms with Crippen LogP contribution in [0.4, 0.5) is 5.69 Å². The molecule has 39 heavy (non-hydrogen) atoms. The van der Waals surface area contributed by atoms with Gasteiger partial charge >= 0.3 is 0 Å². The number of carbonyl (C=O) groups is 1. The van der Waals surface area contributed by atoms with Crippen LogP contribution in [0.1, 0.15) is 29.9 Å². The number of amides is 1. The molecule has 5 aromatic rings. The Kier molecular flexibility index (Phi) is 6.95. The summed E-state index contributed by atoms with van der Waals surface area (Å²) in [5, 5.41) is 7.89. The highest BCUT2D eigenvalue weighted by Crippen LogP contribution is 2.40. The van der Waals surface area contributed by atoms with Gasteiger partial charge in [-0.25, -0.2) is 4.98 Å². The number of para-hydroxylation sites is 3. The van der Waals surface area contributed by atoms with E-state index in [9.17, 15) is 4.79 Å². The van der Waals surface area contributed by atoms with Crippen LogP contribution in [0, 0.1) is 0 Å². The van der Waals surface area contributed by atoms with Gasteiger partial charge in [-0.1, -0.05) is 41.7 Å². The van der Waals surface area contributed by atoms with Crippen molar-refractivity contribution in [3.05, 3.63) is 103 Å². The first-order valence-electron chi connectivity index (χ1n) is 12.6. The van der Waals surface area contributed by atoms with Crippen molar-refractivity contribution in [3.8, 4) is 10.9 Å². The number of anilines is 1. The molecule has 0 aliphatic carbocycles. The van der Waals surface area contributed by atoms with E-state index in [0.29, 0.717) is 23.1 Å². The Balaban J connectivity index is 1.31. The van der Waals surface area contributed by atoms with E-state index in [4.69, 9.17) is 21.9 Å². The van der Waals surface area contributed by atoms with E-state index >= 15 is 0 Å². The topological polar surface area (TPSA) is 84.3 Å². The molecule has 6 rings (SSSR count). The van der Waals surface area contributed by atoms with Crippen molar-refractivity contribution in [1.29, 1.82) is 0 Å². The Morgan fingerprint density at radius 1 is 1.08 bits per heavy atom. The molecule has 8 nitrogen and oxygen atoms in total. The first-order valence-corrected chi connectivity index (χ1v) is 13.8. The summed E-state index contributed by atoms with van der Waals surface area (Å²) in [5.41, 5.74) is 3.49. The average Bonchev–Trinajstić information content (AvgIpc) is 3.69. The fourth-order valence-corrected chi connectivity index (χ4v) is 6.22. The van der Waals surface area contributed by atoms with Crippen LogP contribution >= 0.6 is 23.6 Å². The fourth-order valence-electron chi connectivity index (χ4n) is 4.92. The number of nitrogens with one attached hydrogen (secondary N) is 2. The molecule has 0 unspecified atom stereocenters. The Morgan fingerprint density at radius 3 is 2.72 bits per heavy atom. The number of pyridine rings is 1. The van der Waals surface area contributed by atoms with Gasteiger partial charge in [-0.2, -0.15) is 0 Å². The lowest BCUT2D eigenvalue weighted by atomic mass is 10.0. The molecular formula is C29H26N6O2S2. The van der Waals surface area contributed by atoms with Gasteiger partial charge < -0.3 is 20.3 Å². The summed E-state index contributed by atoms with van der Waals surface area (Å²) in [6.07, 6.45) is 4.05. The lowest BCUT2D eigenvalue weighted by Gasteiger charge is -2.28. The lowest BCUT2D eigenvalue weighted by molar-refractivity contribution is -0.116. The monoisotopic (exact) mass is 554 g/mol. The van der Waals surface area contributed by atoms with Gasteiger partial charge in [0.15, 0.2) is 10.2 Å². The molecule has 4 heterocycles. The quantitative estimate of drug-likeness (QED) is 0.245. The van der Waals surface area contributed by atoms with Crippen LogP contribution in [0.25, 0.3) is 15.3 Å². The maximum absolute atomic E-state index is 13.0. The second-order valence-corrected chi connectivity index (χ2v) is 10.5. The maximum Gasteiger partial charge on any atom is 0.226 e. The van der Waals surface area contributed by atoms with E-state index in [1.165, 1.54) is 0 Å². The highest BCUT2D eigenvalue weighted by molar-refractivity contribution is 7.80. The molecule has 2 atom stereocenters. The fraction of sp³-hybridized carbons (Fsp3) is 0.172. The molecule has 1 amide bonds. The predicted molar refractivity (Wildman–Crippen MR) is 157 cm³/mol. The minimum absolute atomic E-state index is 0.121. The Hall–Kier alpha value is -4.28. The van der Waals surface area contributed by atoms with Gasteiger partial charge in [-0.3, -0.25) is 14.3 Å².